The molecule has 0 atom stereocenters. The first-order valence-electron chi connectivity index (χ1n) is 10.3. The van der Waals surface area contributed by atoms with Crippen LogP contribution in [0.2, 0.25) is 0 Å². The molecule has 25 heavy (non-hydrogen) atoms. The summed E-state index contributed by atoms with van der Waals surface area (Å²) in [4.78, 5) is 28.7. The van der Waals surface area contributed by atoms with E-state index in [0.717, 1.165) is 82.8 Å². The van der Waals surface area contributed by atoms with Gasteiger partial charge in [-0.15, -0.1) is 0 Å². The van der Waals surface area contributed by atoms with Crippen LogP contribution in [0.5, 0.6) is 0 Å². The third-order valence-electron chi connectivity index (χ3n) is 6.51. The molecular weight excluding hydrogens is 316 g/mol. The molecule has 3 aliphatic heterocycles. The Hall–Kier alpha value is -1.10. The number of piperidine rings is 2. The van der Waals surface area contributed by atoms with Gasteiger partial charge in [0, 0.05) is 52.2 Å². The molecule has 3 fully saturated rings. The number of carbonyl (C=O) groups is 2. The van der Waals surface area contributed by atoms with Crippen molar-refractivity contribution in [2.24, 2.45) is 17.8 Å². The number of ether oxygens (including phenoxy) is 1. The first-order chi connectivity index (χ1) is 12.1. The number of likely N-dealkylation sites (tertiary alicyclic amines) is 2. The highest BCUT2D eigenvalue weighted by atomic mass is 16.5. The summed E-state index contributed by atoms with van der Waals surface area (Å²) >= 11 is 0. The molecule has 0 spiro atoms. The van der Waals surface area contributed by atoms with Crippen molar-refractivity contribution < 1.29 is 14.3 Å². The summed E-state index contributed by atoms with van der Waals surface area (Å²) in [6.07, 6.45) is 7.56. The number of hydrogen-bond acceptors (Lipinski definition) is 3. The zero-order valence-corrected chi connectivity index (χ0v) is 15.8. The second kappa shape index (κ2) is 9.02. The summed E-state index contributed by atoms with van der Waals surface area (Å²) in [5.41, 5.74) is 0. The van der Waals surface area contributed by atoms with Crippen LogP contribution in [-0.2, 0) is 14.3 Å². The Kier molecular flexibility index (Phi) is 6.74. The molecule has 3 rings (SSSR count). The Balaban J connectivity index is 1.35. The molecule has 3 aliphatic rings. The van der Waals surface area contributed by atoms with Gasteiger partial charge in [0.2, 0.25) is 11.8 Å². The SMILES string of the molecule is CC1CCN(C(=O)CCC(=O)N2CCC(C3CCOCC3)CC2)CC1. The highest BCUT2D eigenvalue weighted by Gasteiger charge is 2.30. The van der Waals surface area contributed by atoms with Gasteiger partial charge in [-0.25, -0.2) is 0 Å². The lowest BCUT2D eigenvalue weighted by Gasteiger charge is -2.37. The molecular formula is C20H34N2O3. The van der Waals surface area contributed by atoms with E-state index in [1.807, 2.05) is 9.80 Å². The van der Waals surface area contributed by atoms with E-state index < -0.39 is 0 Å². The van der Waals surface area contributed by atoms with Crippen molar-refractivity contribution in [3.63, 3.8) is 0 Å². The molecule has 3 heterocycles. The lowest BCUT2D eigenvalue weighted by Crippen LogP contribution is -2.42. The Morgan fingerprint density at radius 2 is 1.20 bits per heavy atom. The summed E-state index contributed by atoms with van der Waals surface area (Å²) in [6, 6.07) is 0. The number of nitrogens with zero attached hydrogens (tertiary/aromatic N) is 2. The molecule has 0 radical (unpaired) electrons. The quantitative estimate of drug-likeness (QED) is 0.783. The van der Waals surface area contributed by atoms with Gasteiger partial charge in [0.15, 0.2) is 0 Å². The van der Waals surface area contributed by atoms with Crippen LogP contribution in [-0.4, -0.2) is 61.0 Å². The van der Waals surface area contributed by atoms with Crippen molar-refractivity contribution in [3.05, 3.63) is 0 Å². The van der Waals surface area contributed by atoms with Crippen LogP contribution >= 0.6 is 0 Å². The van der Waals surface area contributed by atoms with Crippen molar-refractivity contribution in [2.45, 2.75) is 58.3 Å². The lowest BCUT2D eigenvalue weighted by molar-refractivity contribution is -0.138. The molecule has 5 nitrogen and oxygen atoms in total. The topological polar surface area (TPSA) is 49.9 Å². The van der Waals surface area contributed by atoms with E-state index in [4.69, 9.17) is 4.74 Å². The van der Waals surface area contributed by atoms with E-state index in [0.29, 0.717) is 12.8 Å². The minimum Gasteiger partial charge on any atom is -0.381 e. The van der Waals surface area contributed by atoms with E-state index in [1.54, 1.807) is 0 Å². The first kappa shape index (κ1) is 18.7. The van der Waals surface area contributed by atoms with Crippen molar-refractivity contribution in [2.75, 3.05) is 39.4 Å². The molecule has 0 unspecified atom stereocenters. The highest BCUT2D eigenvalue weighted by Crippen LogP contribution is 2.32. The Labute approximate surface area is 152 Å². The molecule has 0 aliphatic carbocycles. The average molecular weight is 351 g/mol. The first-order valence-corrected chi connectivity index (χ1v) is 10.3. The monoisotopic (exact) mass is 350 g/mol. The van der Waals surface area contributed by atoms with Crippen LogP contribution < -0.4 is 0 Å². The van der Waals surface area contributed by atoms with Gasteiger partial charge in [0.25, 0.3) is 0 Å². The average Bonchev–Trinajstić information content (AvgIpc) is 2.67. The maximum atomic E-state index is 12.5. The van der Waals surface area contributed by atoms with E-state index in [2.05, 4.69) is 6.92 Å². The van der Waals surface area contributed by atoms with Crippen molar-refractivity contribution in [1.29, 1.82) is 0 Å². The maximum absolute atomic E-state index is 12.5. The molecule has 2 amide bonds. The van der Waals surface area contributed by atoms with Gasteiger partial charge in [-0.05, 0) is 56.3 Å². The summed E-state index contributed by atoms with van der Waals surface area (Å²) in [7, 11) is 0. The van der Waals surface area contributed by atoms with Crippen LogP contribution in [0.15, 0.2) is 0 Å². The van der Waals surface area contributed by atoms with Crippen molar-refractivity contribution in [1.82, 2.24) is 9.80 Å². The highest BCUT2D eigenvalue weighted by molar-refractivity contribution is 5.83. The minimum atomic E-state index is 0.164. The Morgan fingerprint density at radius 3 is 1.72 bits per heavy atom. The Bertz CT molecular complexity index is 446. The number of amides is 2. The molecule has 0 N–H and O–H groups in total. The summed E-state index contributed by atoms with van der Waals surface area (Å²) in [5, 5.41) is 0. The van der Waals surface area contributed by atoms with Crippen LogP contribution in [0.4, 0.5) is 0 Å². The fourth-order valence-corrected chi connectivity index (χ4v) is 4.60. The van der Waals surface area contributed by atoms with Gasteiger partial charge >= 0.3 is 0 Å². The van der Waals surface area contributed by atoms with Crippen LogP contribution in [0.25, 0.3) is 0 Å². The largest absolute Gasteiger partial charge is 0.381 e. The smallest absolute Gasteiger partial charge is 0.223 e. The minimum absolute atomic E-state index is 0.164. The van der Waals surface area contributed by atoms with E-state index in [9.17, 15) is 9.59 Å². The van der Waals surface area contributed by atoms with Crippen molar-refractivity contribution in [3.8, 4) is 0 Å². The van der Waals surface area contributed by atoms with Gasteiger partial charge in [0.05, 0.1) is 0 Å². The Morgan fingerprint density at radius 1 is 0.760 bits per heavy atom. The van der Waals surface area contributed by atoms with Gasteiger partial charge in [-0.2, -0.15) is 0 Å². The second-order valence-electron chi connectivity index (χ2n) is 8.23. The zero-order valence-electron chi connectivity index (χ0n) is 15.8. The van der Waals surface area contributed by atoms with Gasteiger partial charge in [-0.1, -0.05) is 6.92 Å². The maximum Gasteiger partial charge on any atom is 0.223 e. The molecule has 0 aromatic heterocycles. The second-order valence-corrected chi connectivity index (χ2v) is 8.23. The van der Waals surface area contributed by atoms with Crippen molar-refractivity contribution >= 4 is 11.8 Å². The summed E-state index contributed by atoms with van der Waals surface area (Å²) < 4.78 is 5.46. The van der Waals surface area contributed by atoms with E-state index in [-0.39, 0.29) is 11.8 Å². The number of carbonyl (C=O) groups excluding carboxylic acids is 2. The fraction of sp³-hybridized carbons (Fsp3) is 0.900. The predicted octanol–water partition coefficient (Wildman–Crippen LogP) is 2.69. The molecule has 3 saturated heterocycles. The van der Waals surface area contributed by atoms with Crippen LogP contribution in [0.3, 0.4) is 0 Å². The molecule has 0 aromatic rings. The summed E-state index contributed by atoms with van der Waals surface area (Å²) in [5.74, 6) is 2.60. The van der Waals surface area contributed by atoms with E-state index >= 15 is 0 Å². The number of hydrogen-bond donors (Lipinski definition) is 0. The summed E-state index contributed by atoms with van der Waals surface area (Å²) in [6.45, 7) is 7.53. The van der Waals surface area contributed by atoms with Gasteiger partial charge in [0.1, 0.15) is 0 Å². The molecule has 0 saturated carbocycles. The molecule has 142 valence electrons. The molecule has 0 bridgehead atoms. The fourth-order valence-electron chi connectivity index (χ4n) is 4.60. The van der Waals surface area contributed by atoms with Crippen LogP contribution in [0, 0.1) is 17.8 Å². The number of rotatable bonds is 4. The normalized spacial score (nSPS) is 24.5. The third-order valence-corrected chi connectivity index (χ3v) is 6.51. The molecule has 0 aromatic carbocycles. The zero-order chi connectivity index (χ0) is 17.6. The van der Waals surface area contributed by atoms with Crippen LogP contribution in [0.1, 0.15) is 58.3 Å². The lowest BCUT2D eigenvalue weighted by atomic mass is 9.80. The van der Waals surface area contributed by atoms with Gasteiger partial charge in [-0.3, -0.25) is 9.59 Å². The van der Waals surface area contributed by atoms with E-state index in [1.165, 1.54) is 12.8 Å². The predicted molar refractivity (Wildman–Crippen MR) is 97.1 cm³/mol. The third kappa shape index (κ3) is 5.19. The standard InChI is InChI=1S/C20H34N2O3/c1-16-4-10-21(11-5-16)19(23)2-3-20(24)22-12-6-17(7-13-22)18-8-14-25-15-9-18/h16-18H,2-15H2,1H3. The molecule has 5 heteroatoms. The van der Waals surface area contributed by atoms with Gasteiger partial charge < -0.3 is 14.5 Å².